The van der Waals surface area contributed by atoms with E-state index in [-0.39, 0.29) is 25.3 Å². The lowest BCUT2D eigenvalue weighted by Crippen LogP contribution is -2.21. The maximum atomic E-state index is 12.9. The molecule has 0 saturated carbocycles. The van der Waals surface area contributed by atoms with Gasteiger partial charge in [0, 0.05) is 17.7 Å². The van der Waals surface area contributed by atoms with Crippen molar-refractivity contribution in [2.24, 2.45) is 0 Å². The van der Waals surface area contributed by atoms with Crippen molar-refractivity contribution in [3.63, 3.8) is 0 Å². The van der Waals surface area contributed by atoms with E-state index in [1.54, 1.807) is 36.4 Å². The number of amides is 1. The minimum Gasteiger partial charge on any atom is -0.456 e. The predicted octanol–water partition coefficient (Wildman–Crippen LogP) is 3.60. The largest absolute Gasteiger partial charge is 0.456 e. The number of esters is 1. The number of benzene rings is 2. The van der Waals surface area contributed by atoms with Crippen LogP contribution in [0.25, 0.3) is 11.3 Å². The summed E-state index contributed by atoms with van der Waals surface area (Å²) in [5.41, 5.74) is 1.32. The summed E-state index contributed by atoms with van der Waals surface area (Å²) in [7, 11) is 0. The molecule has 1 aromatic heterocycles. The highest BCUT2D eigenvalue weighted by Crippen LogP contribution is 2.21. The van der Waals surface area contributed by atoms with Crippen LogP contribution in [0.15, 0.2) is 65.2 Å². The Morgan fingerprint density at radius 2 is 1.81 bits per heavy atom. The molecule has 6 nitrogen and oxygen atoms in total. The van der Waals surface area contributed by atoms with Crippen molar-refractivity contribution in [3.8, 4) is 11.3 Å². The molecule has 1 N–H and O–H groups in total. The van der Waals surface area contributed by atoms with Crippen LogP contribution in [0.2, 0.25) is 0 Å². The molecule has 138 valence electrons. The van der Waals surface area contributed by atoms with Gasteiger partial charge in [0.2, 0.25) is 0 Å². The number of aryl methyl sites for hydroxylation is 1. The third-order valence-electron chi connectivity index (χ3n) is 3.65. The van der Waals surface area contributed by atoms with Crippen LogP contribution in [0.1, 0.15) is 12.3 Å². The molecule has 0 spiro atoms. The lowest BCUT2D eigenvalue weighted by atomic mass is 10.2. The fraction of sp³-hybridized carbons (Fsp3) is 0.150. The van der Waals surface area contributed by atoms with Gasteiger partial charge in [0.25, 0.3) is 5.91 Å². The molecule has 3 rings (SSSR count). The van der Waals surface area contributed by atoms with Gasteiger partial charge < -0.3 is 14.5 Å². The van der Waals surface area contributed by atoms with Gasteiger partial charge in [0.1, 0.15) is 5.82 Å². The Hall–Kier alpha value is -3.48. The number of carbonyl (C=O) groups excluding carboxylic acids is 2. The molecule has 0 aliphatic carbocycles. The highest BCUT2D eigenvalue weighted by molar-refractivity contribution is 5.92. The van der Waals surface area contributed by atoms with E-state index in [2.05, 4.69) is 10.3 Å². The van der Waals surface area contributed by atoms with E-state index in [1.807, 2.05) is 6.07 Å². The normalized spacial score (nSPS) is 10.4. The molecule has 0 fully saturated rings. The standard InChI is InChI=1S/C20H17FN2O4/c21-15-8-6-14(7-9-15)17-12-22-19(27-17)10-11-20(25)26-13-18(24)23-16-4-2-1-3-5-16/h1-9,12H,10-11,13H2,(H,23,24). The summed E-state index contributed by atoms with van der Waals surface area (Å²) in [4.78, 5) is 27.6. The SMILES string of the molecule is O=C(COC(=O)CCc1ncc(-c2ccc(F)cc2)o1)Nc1ccccc1. The number of anilines is 1. The van der Waals surface area contributed by atoms with Crippen LogP contribution in [0.4, 0.5) is 10.1 Å². The van der Waals surface area contributed by atoms with Crippen molar-refractivity contribution in [1.29, 1.82) is 0 Å². The molecule has 2 aromatic carbocycles. The first-order valence-corrected chi connectivity index (χ1v) is 8.31. The first-order chi connectivity index (χ1) is 13.1. The maximum absolute atomic E-state index is 12.9. The van der Waals surface area contributed by atoms with E-state index in [0.717, 1.165) is 0 Å². The Bertz CT molecular complexity index is 907. The summed E-state index contributed by atoms with van der Waals surface area (Å²) in [5, 5.41) is 2.62. The molecule has 3 aromatic rings. The number of rotatable bonds is 7. The van der Waals surface area contributed by atoms with Gasteiger partial charge in [0.15, 0.2) is 18.3 Å². The number of nitrogens with one attached hydrogen (secondary N) is 1. The Morgan fingerprint density at radius 1 is 1.07 bits per heavy atom. The summed E-state index contributed by atoms with van der Waals surface area (Å²) in [5.74, 6) is -0.429. The number of nitrogens with zero attached hydrogens (tertiary/aromatic N) is 1. The number of carbonyl (C=O) groups is 2. The van der Waals surface area contributed by atoms with E-state index < -0.39 is 11.9 Å². The maximum Gasteiger partial charge on any atom is 0.306 e. The van der Waals surface area contributed by atoms with Gasteiger partial charge in [-0.15, -0.1) is 0 Å². The fourth-order valence-corrected chi connectivity index (χ4v) is 2.32. The van der Waals surface area contributed by atoms with Crippen LogP contribution in [0.3, 0.4) is 0 Å². The van der Waals surface area contributed by atoms with Crippen molar-refractivity contribution in [2.75, 3.05) is 11.9 Å². The molecular weight excluding hydrogens is 351 g/mol. The second-order valence-corrected chi connectivity index (χ2v) is 5.70. The van der Waals surface area contributed by atoms with Gasteiger partial charge in [-0.2, -0.15) is 0 Å². The summed E-state index contributed by atoms with van der Waals surface area (Å²) in [6, 6.07) is 14.7. The van der Waals surface area contributed by atoms with Crippen LogP contribution in [-0.2, 0) is 20.7 Å². The minimum atomic E-state index is -0.528. The lowest BCUT2D eigenvalue weighted by molar-refractivity contribution is -0.147. The molecule has 1 heterocycles. The summed E-state index contributed by atoms with van der Waals surface area (Å²) < 4.78 is 23.4. The molecule has 0 unspecified atom stereocenters. The topological polar surface area (TPSA) is 81.4 Å². The minimum absolute atomic E-state index is 0.0298. The summed E-state index contributed by atoms with van der Waals surface area (Å²) in [6.07, 6.45) is 1.78. The van der Waals surface area contributed by atoms with Crippen molar-refractivity contribution in [3.05, 3.63) is 72.5 Å². The zero-order valence-electron chi connectivity index (χ0n) is 14.4. The second kappa shape index (κ2) is 8.75. The molecule has 7 heteroatoms. The number of oxazole rings is 1. The van der Waals surface area contributed by atoms with Gasteiger partial charge >= 0.3 is 5.97 Å². The average Bonchev–Trinajstić information content (AvgIpc) is 3.15. The van der Waals surface area contributed by atoms with E-state index in [4.69, 9.17) is 9.15 Å². The van der Waals surface area contributed by atoms with Crippen LogP contribution in [0.5, 0.6) is 0 Å². The molecular formula is C20H17FN2O4. The highest BCUT2D eigenvalue weighted by atomic mass is 19.1. The average molecular weight is 368 g/mol. The summed E-state index contributed by atoms with van der Waals surface area (Å²) >= 11 is 0. The van der Waals surface area contributed by atoms with E-state index in [0.29, 0.717) is 22.9 Å². The first-order valence-electron chi connectivity index (χ1n) is 8.31. The first kappa shape index (κ1) is 18.3. The third kappa shape index (κ3) is 5.50. The molecule has 0 saturated heterocycles. The molecule has 0 radical (unpaired) electrons. The number of aromatic nitrogens is 1. The van der Waals surface area contributed by atoms with Crippen molar-refractivity contribution >= 4 is 17.6 Å². The molecule has 0 aliphatic heterocycles. The van der Waals surface area contributed by atoms with Crippen LogP contribution in [0, 0.1) is 5.82 Å². The van der Waals surface area contributed by atoms with Crippen LogP contribution < -0.4 is 5.32 Å². The summed E-state index contributed by atoms with van der Waals surface area (Å²) in [6.45, 7) is -0.361. The number of hydrogen-bond acceptors (Lipinski definition) is 5. The third-order valence-corrected chi connectivity index (χ3v) is 3.65. The fourth-order valence-electron chi connectivity index (χ4n) is 2.32. The van der Waals surface area contributed by atoms with Crippen LogP contribution >= 0.6 is 0 Å². The second-order valence-electron chi connectivity index (χ2n) is 5.70. The Balaban J connectivity index is 1.43. The quantitative estimate of drug-likeness (QED) is 0.645. The number of ether oxygens (including phenoxy) is 1. The smallest absolute Gasteiger partial charge is 0.306 e. The predicted molar refractivity (Wildman–Crippen MR) is 96.2 cm³/mol. The zero-order chi connectivity index (χ0) is 19.1. The van der Waals surface area contributed by atoms with Gasteiger partial charge in [-0.05, 0) is 36.4 Å². The number of para-hydroxylation sites is 1. The molecule has 27 heavy (non-hydrogen) atoms. The Labute approximate surface area is 155 Å². The molecule has 1 amide bonds. The van der Waals surface area contributed by atoms with E-state index in [1.165, 1.54) is 18.3 Å². The van der Waals surface area contributed by atoms with Gasteiger partial charge in [-0.3, -0.25) is 9.59 Å². The highest BCUT2D eigenvalue weighted by Gasteiger charge is 2.11. The van der Waals surface area contributed by atoms with Crippen molar-refractivity contribution in [1.82, 2.24) is 4.98 Å². The number of halogens is 1. The number of hydrogen-bond donors (Lipinski definition) is 1. The van der Waals surface area contributed by atoms with E-state index in [9.17, 15) is 14.0 Å². The Morgan fingerprint density at radius 3 is 2.56 bits per heavy atom. The van der Waals surface area contributed by atoms with Crippen molar-refractivity contribution in [2.45, 2.75) is 12.8 Å². The van der Waals surface area contributed by atoms with Crippen LogP contribution in [-0.4, -0.2) is 23.5 Å². The Kier molecular flexibility index (Phi) is 5.94. The molecule has 0 atom stereocenters. The van der Waals surface area contributed by atoms with Crippen molar-refractivity contribution < 1.29 is 23.1 Å². The van der Waals surface area contributed by atoms with Gasteiger partial charge in [-0.1, -0.05) is 18.2 Å². The van der Waals surface area contributed by atoms with Gasteiger partial charge in [0.05, 0.1) is 12.6 Å². The van der Waals surface area contributed by atoms with E-state index >= 15 is 0 Å². The zero-order valence-corrected chi connectivity index (χ0v) is 14.4. The lowest BCUT2D eigenvalue weighted by Gasteiger charge is -2.06. The molecule has 0 aliphatic rings. The molecule has 0 bridgehead atoms. The monoisotopic (exact) mass is 368 g/mol. The van der Waals surface area contributed by atoms with Gasteiger partial charge in [-0.25, -0.2) is 9.37 Å².